The Morgan fingerprint density at radius 1 is 1.06 bits per heavy atom. The number of rotatable bonds is 7. The van der Waals surface area contributed by atoms with Gasteiger partial charge in [0.25, 0.3) is 0 Å². The summed E-state index contributed by atoms with van der Waals surface area (Å²) in [4.78, 5) is 12.5. The van der Waals surface area contributed by atoms with Crippen LogP contribution in [0.25, 0.3) is 21.8 Å². The first kappa shape index (κ1) is 21.5. The van der Waals surface area contributed by atoms with Crippen LogP contribution in [-0.2, 0) is 17.7 Å². The molecule has 0 spiro atoms. The number of phenolic OH excluding ortho intramolecular Hbond substituents is 1. The van der Waals surface area contributed by atoms with Gasteiger partial charge in [-0.1, -0.05) is 44.0 Å². The zero-order chi connectivity index (χ0) is 22.7. The number of carbonyl (C=O) groups excluding carboxylic acids is 1. The third-order valence-corrected chi connectivity index (χ3v) is 5.97. The zero-order valence-electron chi connectivity index (χ0n) is 18.4. The molecule has 0 saturated heterocycles. The van der Waals surface area contributed by atoms with Gasteiger partial charge >= 0.3 is 5.97 Å². The number of phenols is 1. The van der Waals surface area contributed by atoms with Crippen molar-refractivity contribution in [2.45, 2.75) is 39.2 Å². The molecule has 5 heteroatoms. The lowest BCUT2D eigenvalue weighted by Gasteiger charge is -2.11. The number of benzene rings is 3. The largest absolute Gasteiger partial charge is 0.507 e. The van der Waals surface area contributed by atoms with E-state index >= 15 is 0 Å². The van der Waals surface area contributed by atoms with Crippen LogP contribution in [0.5, 0.6) is 5.75 Å². The molecule has 0 bridgehead atoms. The summed E-state index contributed by atoms with van der Waals surface area (Å²) < 4.78 is 7.09. The van der Waals surface area contributed by atoms with Crippen molar-refractivity contribution in [2.75, 3.05) is 7.11 Å². The number of esters is 1. The summed E-state index contributed by atoms with van der Waals surface area (Å²) in [6.45, 7) is 2.62. The Morgan fingerprint density at radius 3 is 2.62 bits per heavy atom. The van der Waals surface area contributed by atoms with Crippen LogP contribution in [0.15, 0.2) is 54.6 Å². The van der Waals surface area contributed by atoms with E-state index in [1.54, 1.807) is 18.2 Å². The number of aromatic hydroxyl groups is 1. The number of carbonyl (C=O) groups is 1. The van der Waals surface area contributed by atoms with Crippen LogP contribution in [0.1, 0.15) is 53.2 Å². The summed E-state index contributed by atoms with van der Waals surface area (Å²) in [7, 11) is 1.36. The summed E-state index contributed by atoms with van der Waals surface area (Å²) in [5.41, 5.74) is 4.62. The van der Waals surface area contributed by atoms with Gasteiger partial charge in [0, 0.05) is 11.9 Å². The third-order valence-electron chi connectivity index (χ3n) is 5.97. The number of hydrogen-bond acceptors (Lipinski definition) is 4. The minimum atomic E-state index is -0.446. The van der Waals surface area contributed by atoms with Gasteiger partial charge in [-0.15, -0.1) is 0 Å². The average Bonchev–Trinajstić information content (AvgIpc) is 3.13. The molecule has 4 rings (SSSR count). The number of ether oxygens (including phenoxy) is 1. The number of nitriles is 1. The molecule has 0 atom stereocenters. The first-order valence-electron chi connectivity index (χ1n) is 10.9. The van der Waals surface area contributed by atoms with Crippen molar-refractivity contribution in [2.24, 2.45) is 0 Å². The highest BCUT2D eigenvalue weighted by atomic mass is 16.5. The van der Waals surface area contributed by atoms with Crippen LogP contribution in [-0.4, -0.2) is 22.8 Å². The van der Waals surface area contributed by atoms with E-state index in [9.17, 15) is 15.2 Å². The summed E-state index contributed by atoms with van der Waals surface area (Å²) in [6.07, 6.45) is 4.18. The van der Waals surface area contributed by atoms with E-state index in [-0.39, 0.29) is 5.75 Å². The number of methoxy groups -OCH3 is 1. The zero-order valence-corrected chi connectivity index (χ0v) is 18.4. The molecule has 0 amide bonds. The van der Waals surface area contributed by atoms with Crippen LogP contribution in [0.3, 0.4) is 0 Å². The van der Waals surface area contributed by atoms with Gasteiger partial charge in [-0.3, -0.25) is 0 Å². The minimum Gasteiger partial charge on any atom is -0.507 e. The highest BCUT2D eigenvalue weighted by Crippen LogP contribution is 2.39. The van der Waals surface area contributed by atoms with Crippen molar-refractivity contribution in [1.29, 1.82) is 5.26 Å². The van der Waals surface area contributed by atoms with E-state index in [1.807, 2.05) is 30.3 Å². The molecular formula is C27H26N2O3. The summed E-state index contributed by atoms with van der Waals surface area (Å²) in [5, 5.41) is 21.9. The maximum atomic E-state index is 12.5. The van der Waals surface area contributed by atoms with Crippen molar-refractivity contribution in [3.63, 3.8) is 0 Å². The Kier molecular flexibility index (Phi) is 6.13. The van der Waals surface area contributed by atoms with Crippen LogP contribution in [0, 0.1) is 11.3 Å². The quantitative estimate of drug-likeness (QED) is 0.293. The van der Waals surface area contributed by atoms with Crippen molar-refractivity contribution in [3.8, 4) is 11.8 Å². The summed E-state index contributed by atoms with van der Waals surface area (Å²) in [5.74, 6) is -0.291. The maximum Gasteiger partial charge on any atom is 0.338 e. The standard InChI is InChI=1S/C27H26N2O3/c1-3-4-5-9-18-14-23-26(24(30)15-18)25-21(27(31)32-2)12-8-13-22(25)29(23)17-20-11-7-6-10-19(20)16-28/h6-8,10-15,30H,3-5,9,17H2,1-2H3. The molecule has 0 fully saturated rings. The van der Waals surface area contributed by atoms with Crippen LogP contribution in [0.2, 0.25) is 0 Å². The molecule has 0 radical (unpaired) electrons. The van der Waals surface area contributed by atoms with E-state index in [0.29, 0.717) is 28.4 Å². The monoisotopic (exact) mass is 426 g/mol. The highest BCUT2D eigenvalue weighted by molar-refractivity contribution is 6.19. The molecule has 0 aliphatic rings. The van der Waals surface area contributed by atoms with Gasteiger partial charge in [0.15, 0.2) is 0 Å². The van der Waals surface area contributed by atoms with E-state index in [1.165, 1.54) is 7.11 Å². The predicted octanol–water partition coefficient (Wildman–Crippen LogP) is 5.94. The topological polar surface area (TPSA) is 75.2 Å². The molecular weight excluding hydrogens is 400 g/mol. The van der Waals surface area contributed by atoms with Gasteiger partial charge in [-0.2, -0.15) is 5.26 Å². The van der Waals surface area contributed by atoms with Gasteiger partial charge in [0.2, 0.25) is 0 Å². The van der Waals surface area contributed by atoms with Crippen LogP contribution >= 0.6 is 0 Å². The van der Waals surface area contributed by atoms with E-state index in [0.717, 1.165) is 47.8 Å². The van der Waals surface area contributed by atoms with Crippen LogP contribution < -0.4 is 0 Å². The lowest BCUT2D eigenvalue weighted by Crippen LogP contribution is -2.03. The fraction of sp³-hybridized carbons (Fsp3) is 0.259. The molecule has 32 heavy (non-hydrogen) atoms. The molecule has 162 valence electrons. The first-order valence-corrected chi connectivity index (χ1v) is 10.9. The highest BCUT2D eigenvalue weighted by Gasteiger charge is 2.21. The Labute approximate surface area is 187 Å². The number of unbranched alkanes of at least 4 members (excludes halogenated alkanes) is 2. The molecule has 0 aliphatic heterocycles. The van der Waals surface area contributed by atoms with Gasteiger partial charge < -0.3 is 14.4 Å². The van der Waals surface area contributed by atoms with E-state index in [2.05, 4.69) is 23.6 Å². The predicted molar refractivity (Wildman–Crippen MR) is 126 cm³/mol. The fourth-order valence-electron chi connectivity index (χ4n) is 4.41. The molecule has 0 unspecified atom stereocenters. The molecule has 1 heterocycles. The Balaban J connectivity index is 2.00. The molecule has 0 saturated carbocycles. The molecule has 4 aromatic rings. The Morgan fingerprint density at radius 2 is 1.88 bits per heavy atom. The van der Waals surface area contributed by atoms with Crippen molar-refractivity contribution >= 4 is 27.8 Å². The summed E-state index contributed by atoms with van der Waals surface area (Å²) >= 11 is 0. The third kappa shape index (κ3) is 3.80. The summed E-state index contributed by atoms with van der Waals surface area (Å²) in [6, 6.07) is 19.1. The lowest BCUT2D eigenvalue weighted by molar-refractivity contribution is 0.0603. The van der Waals surface area contributed by atoms with Crippen molar-refractivity contribution in [1.82, 2.24) is 4.57 Å². The number of aromatic nitrogens is 1. The maximum absolute atomic E-state index is 12.5. The number of aryl methyl sites for hydroxylation is 1. The minimum absolute atomic E-state index is 0.155. The number of nitrogens with zero attached hydrogens (tertiary/aromatic N) is 2. The van der Waals surface area contributed by atoms with Gasteiger partial charge in [0.1, 0.15) is 5.75 Å². The van der Waals surface area contributed by atoms with Crippen LogP contribution in [0.4, 0.5) is 0 Å². The van der Waals surface area contributed by atoms with Gasteiger partial charge in [-0.25, -0.2) is 4.79 Å². The smallest absolute Gasteiger partial charge is 0.338 e. The number of hydrogen-bond donors (Lipinski definition) is 1. The SMILES string of the molecule is CCCCCc1cc(O)c2c3c(C(=O)OC)cccc3n(Cc3ccccc3C#N)c2c1. The normalized spacial score (nSPS) is 11.0. The molecule has 3 aromatic carbocycles. The van der Waals surface area contributed by atoms with E-state index < -0.39 is 5.97 Å². The van der Waals surface area contributed by atoms with Crippen molar-refractivity contribution in [3.05, 3.63) is 76.9 Å². The lowest BCUT2D eigenvalue weighted by atomic mass is 10.0. The van der Waals surface area contributed by atoms with Crippen molar-refractivity contribution < 1.29 is 14.6 Å². The van der Waals surface area contributed by atoms with Gasteiger partial charge in [0.05, 0.1) is 40.7 Å². The Hall–Kier alpha value is -3.78. The van der Waals surface area contributed by atoms with E-state index in [4.69, 9.17) is 4.74 Å². The second kappa shape index (κ2) is 9.15. The average molecular weight is 427 g/mol. The molecule has 1 aromatic heterocycles. The fourth-order valence-corrected chi connectivity index (χ4v) is 4.41. The second-order valence-electron chi connectivity index (χ2n) is 8.01. The molecule has 1 N–H and O–H groups in total. The molecule has 0 aliphatic carbocycles. The second-order valence-corrected chi connectivity index (χ2v) is 8.01. The number of fused-ring (bicyclic) bond motifs is 3. The molecule has 5 nitrogen and oxygen atoms in total. The Bertz CT molecular complexity index is 1340. The first-order chi connectivity index (χ1) is 15.6. The van der Waals surface area contributed by atoms with Gasteiger partial charge in [-0.05, 0) is 54.3 Å².